The highest BCUT2D eigenvalue weighted by molar-refractivity contribution is 6.29. The van der Waals surface area contributed by atoms with Crippen molar-refractivity contribution in [3.05, 3.63) is 58.3 Å². The zero-order valence-electron chi connectivity index (χ0n) is 10.8. The van der Waals surface area contributed by atoms with Crippen LogP contribution in [0, 0.1) is 13.8 Å². The molecule has 0 radical (unpaired) electrons. The van der Waals surface area contributed by atoms with Crippen molar-refractivity contribution >= 4 is 17.2 Å². The van der Waals surface area contributed by atoms with Gasteiger partial charge in [0, 0.05) is 6.42 Å². The molecule has 3 aromatic rings. The van der Waals surface area contributed by atoms with Gasteiger partial charge in [-0.1, -0.05) is 29.8 Å². The lowest BCUT2D eigenvalue weighted by molar-refractivity contribution is 0.930. The van der Waals surface area contributed by atoms with Crippen LogP contribution in [0.2, 0.25) is 5.15 Å². The molecule has 19 heavy (non-hydrogen) atoms. The first-order valence-electron chi connectivity index (χ1n) is 6.05. The minimum absolute atomic E-state index is 0.529. The van der Waals surface area contributed by atoms with Crippen LogP contribution in [0.15, 0.2) is 30.6 Å². The summed E-state index contributed by atoms with van der Waals surface area (Å²) < 4.78 is 1.82. The number of hydrogen-bond donors (Lipinski definition) is 0. The van der Waals surface area contributed by atoms with E-state index in [0.29, 0.717) is 17.2 Å². The quantitative estimate of drug-likeness (QED) is 0.720. The Labute approximate surface area is 116 Å². The number of rotatable bonds is 2. The molecular formula is C14H13ClN4. The molecule has 0 bridgehead atoms. The fourth-order valence-corrected chi connectivity index (χ4v) is 2.32. The molecule has 5 heteroatoms. The highest BCUT2D eigenvalue weighted by atomic mass is 35.5. The van der Waals surface area contributed by atoms with E-state index in [1.165, 1.54) is 16.7 Å². The van der Waals surface area contributed by atoms with E-state index < -0.39 is 0 Å². The highest BCUT2D eigenvalue weighted by Crippen LogP contribution is 2.16. The number of nitrogens with zero attached hydrogens (tertiary/aromatic N) is 4. The standard InChI is InChI=1S/C14H13ClN4/c1-9-3-4-11(5-10(9)2)6-13-17-18-14-8-16-7-12(15)19(13)14/h3-5,7-8H,6H2,1-2H3. The van der Waals surface area contributed by atoms with Gasteiger partial charge in [0.2, 0.25) is 0 Å². The van der Waals surface area contributed by atoms with Crippen molar-refractivity contribution in [2.75, 3.05) is 0 Å². The summed E-state index contributed by atoms with van der Waals surface area (Å²) in [5.74, 6) is 0.825. The lowest BCUT2D eigenvalue weighted by Crippen LogP contribution is -1.99. The molecule has 0 N–H and O–H groups in total. The van der Waals surface area contributed by atoms with Crippen molar-refractivity contribution in [1.82, 2.24) is 19.6 Å². The second-order valence-electron chi connectivity index (χ2n) is 4.64. The van der Waals surface area contributed by atoms with Crippen LogP contribution in [0.3, 0.4) is 0 Å². The maximum Gasteiger partial charge on any atom is 0.180 e. The van der Waals surface area contributed by atoms with Gasteiger partial charge < -0.3 is 0 Å². The number of hydrogen-bond acceptors (Lipinski definition) is 3. The van der Waals surface area contributed by atoms with Gasteiger partial charge in [-0.25, -0.2) is 0 Å². The summed E-state index contributed by atoms with van der Waals surface area (Å²) in [6.45, 7) is 4.21. The molecule has 0 aliphatic carbocycles. The van der Waals surface area contributed by atoms with E-state index >= 15 is 0 Å². The molecule has 0 saturated heterocycles. The Morgan fingerprint density at radius 3 is 2.74 bits per heavy atom. The summed E-state index contributed by atoms with van der Waals surface area (Å²) in [5, 5.41) is 8.80. The molecular weight excluding hydrogens is 260 g/mol. The number of fused-ring (bicyclic) bond motifs is 1. The van der Waals surface area contributed by atoms with Crippen molar-refractivity contribution in [2.45, 2.75) is 20.3 Å². The molecule has 0 aliphatic rings. The summed E-state index contributed by atoms with van der Waals surface area (Å²) in [7, 11) is 0. The third kappa shape index (κ3) is 2.19. The lowest BCUT2D eigenvalue weighted by Gasteiger charge is -2.05. The molecule has 0 unspecified atom stereocenters. The maximum atomic E-state index is 6.15. The van der Waals surface area contributed by atoms with Gasteiger partial charge in [0.15, 0.2) is 5.65 Å². The maximum absolute atomic E-state index is 6.15. The second-order valence-corrected chi connectivity index (χ2v) is 5.02. The lowest BCUT2D eigenvalue weighted by atomic mass is 10.0. The van der Waals surface area contributed by atoms with Gasteiger partial charge in [0.25, 0.3) is 0 Å². The van der Waals surface area contributed by atoms with E-state index in [1.54, 1.807) is 12.4 Å². The highest BCUT2D eigenvalue weighted by Gasteiger charge is 2.09. The van der Waals surface area contributed by atoms with E-state index in [2.05, 4.69) is 47.2 Å². The van der Waals surface area contributed by atoms with E-state index in [9.17, 15) is 0 Å². The van der Waals surface area contributed by atoms with Gasteiger partial charge in [-0.3, -0.25) is 9.38 Å². The van der Waals surface area contributed by atoms with E-state index in [-0.39, 0.29) is 0 Å². The second kappa shape index (κ2) is 4.63. The summed E-state index contributed by atoms with van der Waals surface area (Å²) in [4.78, 5) is 4.00. The van der Waals surface area contributed by atoms with Gasteiger partial charge in [-0.05, 0) is 30.5 Å². The molecule has 0 aliphatic heterocycles. The Morgan fingerprint density at radius 1 is 1.11 bits per heavy atom. The molecule has 0 fully saturated rings. The van der Waals surface area contributed by atoms with Crippen molar-refractivity contribution in [1.29, 1.82) is 0 Å². The Kier molecular flexibility index (Phi) is 2.95. The SMILES string of the molecule is Cc1ccc(Cc2nnc3cncc(Cl)n23)cc1C. The number of aryl methyl sites for hydroxylation is 2. The first-order chi connectivity index (χ1) is 9.15. The van der Waals surface area contributed by atoms with Crippen molar-refractivity contribution in [3.63, 3.8) is 0 Å². The Bertz CT molecular complexity index is 748. The first kappa shape index (κ1) is 12.1. The largest absolute Gasteiger partial charge is 0.266 e. The van der Waals surface area contributed by atoms with Gasteiger partial charge >= 0.3 is 0 Å². The number of benzene rings is 1. The van der Waals surface area contributed by atoms with Gasteiger partial charge in [-0.15, -0.1) is 10.2 Å². The van der Waals surface area contributed by atoms with Crippen molar-refractivity contribution in [3.8, 4) is 0 Å². The predicted octanol–water partition coefficient (Wildman–Crippen LogP) is 2.99. The third-order valence-electron chi connectivity index (χ3n) is 3.27. The van der Waals surface area contributed by atoms with E-state index in [4.69, 9.17) is 11.6 Å². The van der Waals surface area contributed by atoms with Crippen LogP contribution in [0.5, 0.6) is 0 Å². The van der Waals surface area contributed by atoms with Crippen molar-refractivity contribution in [2.24, 2.45) is 0 Å². The topological polar surface area (TPSA) is 43.1 Å². The number of halogens is 1. The summed E-state index contributed by atoms with van der Waals surface area (Å²) in [6.07, 6.45) is 3.95. The minimum atomic E-state index is 0.529. The van der Waals surface area contributed by atoms with Crippen LogP contribution in [-0.2, 0) is 6.42 Å². The summed E-state index contributed by atoms with van der Waals surface area (Å²) >= 11 is 6.15. The monoisotopic (exact) mass is 272 g/mol. The molecule has 0 amide bonds. The van der Waals surface area contributed by atoms with Crippen molar-refractivity contribution < 1.29 is 0 Å². The van der Waals surface area contributed by atoms with E-state index in [1.807, 2.05) is 4.40 Å². The average Bonchev–Trinajstić information content (AvgIpc) is 2.79. The van der Waals surface area contributed by atoms with E-state index in [0.717, 1.165) is 5.82 Å². The predicted molar refractivity (Wildman–Crippen MR) is 74.5 cm³/mol. The van der Waals surface area contributed by atoms with Crippen LogP contribution in [0.4, 0.5) is 0 Å². The van der Waals surface area contributed by atoms with Crippen LogP contribution >= 0.6 is 11.6 Å². The Hall–Kier alpha value is -1.94. The summed E-state index contributed by atoms with van der Waals surface area (Å²) in [5.41, 5.74) is 4.44. The molecule has 96 valence electrons. The molecule has 0 spiro atoms. The zero-order valence-corrected chi connectivity index (χ0v) is 11.5. The molecule has 0 saturated carbocycles. The molecule has 1 aromatic carbocycles. The van der Waals surface area contributed by atoms with Crippen LogP contribution in [0.1, 0.15) is 22.5 Å². The molecule has 4 nitrogen and oxygen atoms in total. The van der Waals surface area contributed by atoms with Gasteiger partial charge in [0.1, 0.15) is 11.0 Å². The van der Waals surface area contributed by atoms with Crippen LogP contribution < -0.4 is 0 Å². The van der Waals surface area contributed by atoms with Crippen LogP contribution in [0.25, 0.3) is 5.65 Å². The van der Waals surface area contributed by atoms with Gasteiger partial charge in [0.05, 0.1) is 12.4 Å². The molecule has 0 atom stereocenters. The Balaban J connectivity index is 2.03. The fourth-order valence-electron chi connectivity index (χ4n) is 2.08. The normalized spacial score (nSPS) is 11.1. The molecule has 2 heterocycles. The first-order valence-corrected chi connectivity index (χ1v) is 6.42. The van der Waals surface area contributed by atoms with Gasteiger partial charge in [-0.2, -0.15) is 0 Å². The summed E-state index contributed by atoms with van der Waals surface area (Å²) in [6, 6.07) is 6.40. The molecule has 3 rings (SSSR count). The average molecular weight is 273 g/mol. The third-order valence-corrected chi connectivity index (χ3v) is 3.54. The smallest absolute Gasteiger partial charge is 0.180 e. The zero-order chi connectivity index (χ0) is 13.4. The molecule has 2 aromatic heterocycles. The fraction of sp³-hybridized carbons (Fsp3) is 0.214. The number of aromatic nitrogens is 4. The van der Waals surface area contributed by atoms with Crippen LogP contribution in [-0.4, -0.2) is 19.6 Å². The minimum Gasteiger partial charge on any atom is -0.266 e. The Morgan fingerprint density at radius 2 is 1.95 bits per heavy atom.